The molecule has 2 aromatic heterocycles. The fraction of sp³-hybridized carbons (Fsp3) is 0.320. The molecular weight excluding hydrogens is 450 g/mol. The summed E-state index contributed by atoms with van der Waals surface area (Å²) >= 11 is 0. The van der Waals surface area contributed by atoms with Crippen LogP contribution in [0.25, 0.3) is 11.3 Å². The van der Waals surface area contributed by atoms with E-state index in [4.69, 9.17) is 10.7 Å². The van der Waals surface area contributed by atoms with Crippen LogP contribution in [0.1, 0.15) is 43.1 Å². The van der Waals surface area contributed by atoms with E-state index < -0.39 is 15.9 Å². The number of nitrogens with zero attached hydrogens (tertiary/aromatic N) is 3. The Labute approximate surface area is 200 Å². The van der Waals surface area contributed by atoms with E-state index in [1.165, 1.54) is 18.2 Å². The Bertz CT molecular complexity index is 1350. The van der Waals surface area contributed by atoms with E-state index >= 15 is 0 Å². The predicted molar refractivity (Wildman–Crippen MR) is 133 cm³/mol. The number of aromatic nitrogens is 2. The minimum Gasteiger partial charge on any atom is -0.384 e. The third-order valence-corrected chi connectivity index (χ3v) is 7.96. The van der Waals surface area contributed by atoms with Gasteiger partial charge in [0.05, 0.1) is 11.3 Å². The summed E-state index contributed by atoms with van der Waals surface area (Å²) in [6.07, 6.45) is 0.940. The molecule has 1 aliphatic rings. The van der Waals surface area contributed by atoms with Crippen molar-refractivity contribution in [2.45, 2.75) is 44.7 Å². The minimum atomic E-state index is -4.22. The lowest BCUT2D eigenvalue weighted by Gasteiger charge is -2.36. The topological polar surface area (TPSA) is 118 Å². The summed E-state index contributed by atoms with van der Waals surface area (Å²) in [6.45, 7) is 9.11. The van der Waals surface area contributed by atoms with E-state index in [1.807, 2.05) is 31.2 Å². The van der Waals surface area contributed by atoms with E-state index in [-0.39, 0.29) is 21.9 Å². The molecule has 9 heteroatoms. The van der Waals surface area contributed by atoms with Crippen molar-refractivity contribution in [1.29, 1.82) is 0 Å². The zero-order chi connectivity index (χ0) is 24.7. The molecule has 1 aliphatic heterocycles. The normalized spacial score (nSPS) is 17.5. The van der Waals surface area contributed by atoms with Crippen LogP contribution < -0.4 is 15.4 Å². The van der Waals surface area contributed by atoms with Crippen molar-refractivity contribution in [1.82, 2.24) is 14.7 Å². The first-order valence-corrected chi connectivity index (χ1v) is 12.6. The highest BCUT2D eigenvalue weighted by Crippen LogP contribution is 2.39. The Morgan fingerprint density at radius 2 is 1.82 bits per heavy atom. The lowest BCUT2D eigenvalue weighted by atomic mass is 9.90. The van der Waals surface area contributed by atoms with Gasteiger partial charge in [-0.25, -0.2) is 14.7 Å². The van der Waals surface area contributed by atoms with Crippen LogP contribution in [0.5, 0.6) is 0 Å². The number of hydrogen-bond acceptors (Lipinski definition) is 7. The molecule has 3 N–H and O–H groups in total. The molecule has 1 unspecified atom stereocenters. The van der Waals surface area contributed by atoms with E-state index in [2.05, 4.69) is 35.4 Å². The third-order valence-electron chi connectivity index (χ3n) is 6.73. The number of amides is 1. The maximum atomic E-state index is 13.3. The largest absolute Gasteiger partial charge is 0.384 e. The van der Waals surface area contributed by atoms with E-state index in [1.54, 1.807) is 12.1 Å². The van der Waals surface area contributed by atoms with Gasteiger partial charge in [0.15, 0.2) is 5.03 Å². The SMILES string of the molecule is Cc1ccccc1-c1ccc(C(=O)NS(=O)(=O)c2cccc(N)n2)c(N2CCC(C)C2(C)C)n1. The van der Waals surface area contributed by atoms with Crippen LogP contribution in [-0.2, 0) is 10.0 Å². The van der Waals surface area contributed by atoms with Gasteiger partial charge in [-0.05, 0) is 62.9 Å². The van der Waals surface area contributed by atoms with E-state index in [9.17, 15) is 13.2 Å². The molecule has 0 saturated carbocycles. The number of nitrogen functional groups attached to an aromatic ring is 1. The Balaban J connectivity index is 1.79. The van der Waals surface area contributed by atoms with Gasteiger partial charge in [0, 0.05) is 17.6 Å². The molecule has 1 saturated heterocycles. The minimum absolute atomic E-state index is 0.0491. The van der Waals surface area contributed by atoms with Gasteiger partial charge in [-0.1, -0.05) is 37.3 Å². The average molecular weight is 480 g/mol. The number of nitrogens with two attached hydrogens (primary N) is 1. The highest BCUT2D eigenvalue weighted by Gasteiger charge is 2.41. The molecule has 1 fully saturated rings. The fourth-order valence-corrected chi connectivity index (χ4v) is 5.20. The molecule has 1 aromatic carbocycles. The van der Waals surface area contributed by atoms with Crippen molar-refractivity contribution in [2.75, 3.05) is 17.2 Å². The summed E-state index contributed by atoms with van der Waals surface area (Å²) in [7, 11) is -4.22. The molecule has 178 valence electrons. The lowest BCUT2D eigenvalue weighted by molar-refractivity contribution is 0.0981. The monoisotopic (exact) mass is 479 g/mol. The number of anilines is 2. The quantitative estimate of drug-likeness (QED) is 0.572. The number of hydrogen-bond donors (Lipinski definition) is 2. The number of aryl methyl sites for hydroxylation is 1. The summed E-state index contributed by atoms with van der Waals surface area (Å²) in [6, 6.07) is 15.5. The van der Waals surface area contributed by atoms with Gasteiger partial charge in [-0.2, -0.15) is 8.42 Å². The molecule has 3 aromatic rings. The zero-order valence-electron chi connectivity index (χ0n) is 19.7. The smallest absolute Gasteiger partial charge is 0.281 e. The van der Waals surface area contributed by atoms with Crippen LogP contribution >= 0.6 is 0 Å². The van der Waals surface area contributed by atoms with Crippen LogP contribution in [0.15, 0.2) is 59.6 Å². The molecule has 1 amide bonds. The van der Waals surface area contributed by atoms with Crippen LogP contribution in [0.3, 0.4) is 0 Å². The van der Waals surface area contributed by atoms with Crippen molar-refractivity contribution in [2.24, 2.45) is 5.92 Å². The molecule has 4 rings (SSSR count). The summed E-state index contributed by atoms with van der Waals surface area (Å²) in [5.74, 6) is 0.113. The molecule has 0 bridgehead atoms. The number of pyridine rings is 2. The molecule has 8 nitrogen and oxygen atoms in total. The number of carbonyl (C=O) groups excluding carboxylic acids is 1. The van der Waals surface area contributed by atoms with Crippen LogP contribution in [0, 0.1) is 12.8 Å². The Hall–Kier alpha value is -3.46. The summed E-state index contributed by atoms with van der Waals surface area (Å²) in [5, 5.41) is -0.318. The number of carbonyl (C=O) groups is 1. The Morgan fingerprint density at radius 3 is 2.47 bits per heavy atom. The Kier molecular flexibility index (Phi) is 6.07. The van der Waals surface area contributed by atoms with Crippen molar-refractivity contribution in [3.05, 3.63) is 65.7 Å². The van der Waals surface area contributed by atoms with Gasteiger partial charge in [0.2, 0.25) is 0 Å². The van der Waals surface area contributed by atoms with Gasteiger partial charge < -0.3 is 10.6 Å². The second-order valence-corrected chi connectivity index (χ2v) is 10.8. The zero-order valence-corrected chi connectivity index (χ0v) is 20.6. The third kappa shape index (κ3) is 4.35. The van der Waals surface area contributed by atoms with Crippen LogP contribution in [0.2, 0.25) is 0 Å². The van der Waals surface area contributed by atoms with Gasteiger partial charge in [0.1, 0.15) is 11.6 Å². The predicted octanol–water partition coefficient (Wildman–Crippen LogP) is 3.78. The van der Waals surface area contributed by atoms with Crippen molar-refractivity contribution in [3.63, 3.8) is 0 Å². The van der Waals surface area contributed by atoms with Gasteiger partial charge >= 0.3 is 0 Å². The fourth-order valence-electron chi connectivity index (χ4n) is 4.26. The van der Waals surface area contributed by atoms with Gasteiger partial charge in [-0.3, -0.25) is 4.79 Å². The highest BCUT2D eigenvalue weighted by atomic mass is 32.2. The van der Waals surface area contributed by atoms with Crippen molar-refractivity contribution < 1.29 is 13.2 Å². The number of sulfonamides is 1. The standard InChI is InChI=1S/C25H29N5O3S/c1-16-8-5-6-9-18(16)20-13-12-19(23(27-20)30-15-14-17(2)25(30,3)4)24(31)29-34(32,33)22-11-7-10-21(26)28-22/h5-13,17H,14-15H2,1-4H3,(H2,26,28)(H,29,31). The van der Waals surface area contributed by atoms with Gasteiger partial charge in [0.25, 0.3) is 15.9 Å². The molecule has 1 atom stereocenters. The first-order valence-electron chi connectivity index (χ1n) is 11.1. The maximum absolute atomic E-state index is 13.3. The molecule has 34 heavy (non-hydrogen) atoms. The molecule has 3 heterocycles. The molecular formula is C25H29N5O3S. The molecule has 0 spiro atoms. The van der Waals surface area contributed by atoms with E-state index in [0.717, 1.165) is 23.2 Å². The summed E-state index contributed by atoms with van der Waals surface area (Å²) in [5.41, 5.74) is 8.29. The van der Waals surface area contributed by atoms with Crippen molar-refractivity contribution in [3.8, 4) is 11.3 Å². The molecule has 0 aliphatic carbocycles. The number of nitrogens with one attached hydrogen (secondary N) is 1. The van der Waals surface area contributed by atoms with Crippen LogP contribution in [-0.4, -0.2) is 36.4 Å². The average Bonchev–Trinajstić information content (AvgIpc) is 3.05. The van der Waals surface area contributed by atoms with Gasteiger partial charge in [-0.15, -0.1) is 0 Å². The maximum Gasteiger partial charge on any atom is 0.281 e. The van der Waals surface area contributed by atoms with Crippen molar-refractivity contribution >= 4 is 27.6 Å². The first kappa shape index (κ1) is 23.7. The second-order valence-electron chi connectivity index (χ2n) is 9.21. The molecule has 0 radical (unpaired) electrons. The first-order chi connectivity index (χ1) is 16.0. The van der Waals surface area contributed by atoms with Crippen LogP contribution in [0.4, 0.5) is 11.6 Å². The number of rotatable bonds is 5. The highest BCUT2D eigenvalue weighted by molar-refractivity contribution is 7.90. The number of benzene rings is 1. The lowest BCUT2D eigenvalue weighted by Crippen LogP contribution is -2.43. The summed E-state index contributed by atoms with van der Waals surface area (Å²) < 4.78 is 27.8. The van der Waals surface area contributed by atoms with E-state index in [0.29, 0.717) is 18.3 Å². The Morgan fingerprint density at radius 1 is 1.09 bits per heavy atom. The summed E-state index contributed by atoms with van der Waals surface area (Å²) in [4.78, 5) is 24.1. The second kappa shape index (κ2) is 8.72.